The van der Waals surface area contributed by atoms with Gasteiger partial charge in [0.15, 0.2) is 0 Å². The summed E-state index contributed by atoms with van der Waals surface area (Å²) in [5.74, 6) is -0.173. The van der Waals surface area contributed by atoms with Crippen LogP contribution in [0.1, 0.15) is 27.9 Å². The molecule has 3 rings (SSSR count). The quantitative estimate of drug-likeness (QED) is 0.673. The first-order valence-electron chi connectivity index (χ1n) is 8.46. The molecule has 2 aromatic heterocycles. The Morgan fingerprint density at radius 2 is 1.92 bits per heavy atom. The van der Waals surface area contributed by atoms with E-state index in [1.165, 1.54) is 21.7 Å². The van der Waals surface area contributed by atoms with Crippen LogP contribution in [0.5, 0.6) is 0 Å². The first kappa shape index (κ1) is 18.1. The third-order valence-electron chi connectivity index (χ3n) is 4.24. The lowest BCUT2D eigenvalue weighted by Gasteiger charge is -2.29. The number of aryl methyl sites for hydroxylation is 1. The summed E-state index contributed by atoms with van der Waals surface area (Å²) in [5, 5.41) is 6.17. The molecule has 0 radical (unpaired) electrons. The number of hydrogen-bond donors (Lipinski definition) is 0. The van der Waals surface area contributed by atoms with Crippen molar-refractivity contribution in [1.29, 1.82) is 0 Å². The summed E-state index contributed by atoms with van der Waals surface area (Å²) in [7, 11) is 1.55. The molecule has 1 atom stereocenters. The topological polar surface area (TPSA) is 55.2 Å². The Hall–Kier alpha value is -2.73. The van der Waals surface area contributed by atoms with Crippen molar-refractivity contribution in [1.82, 2.24) is 14.7 Å². The molecule has 1 amide bonds. The van der Waals surface area contributed by atoms with Crippen molar-refractivity contribution in [3.63, 3.8) is 0 Å². The minimum atomic E-state index is -0.234. The zero-order valence-corrected chi connectivity index (χ0v) is 15.6. The third-order valence-corrected chi connectivity index (χ3v) is 5.14. The van der Waals surface area contributed by atoms with Crippen molar-refractivity contribution in [2.75, 3.05) is 0 Å². The Balaban J connectivity index is 1.89. The Morgan fingerprint density at radius 1 is 1.15 bits per heavy atom. The maximum Gasteiger partial charge on any atom is 0.274 e. The molecule has 0 aliphatic rings. The monoisotopic (exact) mass is 367 g/mol. The molecule has 0 N–H and O–H groups in total. The maximum atomic E-state index is 13.1. The van der Waals surface area contributed by atoms with Crippen LogP contribution in [0.25, 0.3) is 0 Å². The number of carbonyl (C=O) groups is 1. The Morgan fingerprint density at radius 3 is 2.58 bits per heavy atom. The zero-order valence-electron chi connectivity index (χ0n) is 14.8. The molecule has 26 heavy (non-hydrogen) atoms. The van der Waals surface area contributed by atoms with E-state index in [-0.39, 0.29) is 23.2 Å². The highest BCUT2D eigenvalue weighted by atomic mass is 32.1. The van der Waals surface area contributed by atoms with Crippen LogP contribution in [0, 0.1) is 0 Å². The normalized spacial score (nSPS) is 11.9. The molecule has 0 aliphatic carbocycles. The van der Waals surface area contributed by atoms with Gasteiger partial charge in [-0.2, -0.15) is 5.10 Å². The Labute approximate surface area is 156 Å². The second-order valence-electron chi connectivity index (χ2n) is 6.23. The van der Waals surface area contributed by atoms with E-state index < -0.39 is 0 Å². The number of benzene rings is 1. The van der Waals surface area contributed by atoms with Crippen LogP contribution < -0.4 is 5.56 Å². The van der Waals surface area contributed by atoms with Gasteiger partial charge in [-0.3, -0.25) is 9.59 Å². The minimum Gasteiger partial charge on any atom is -0.330 e. The summed E-state index contributed by atoms with van der Waals surface area (Å²) in [6.45, 7) is 2.54. The van der Waals surface area contributed by atoms with E-state index in [4.69, 9.17) is 0 Å². The Bertz CT molecular complexity index is 920. The maximum absolute atomic E-state index is 13.1. The summed E-state index contributed by atoms with van der Waals surface area (Å²) in [6, 6.07) is 16.9. The lowest BCUT2D eigenvalue weighted by Crippen LogP contribution is -2.40. The predicted octanol–water partition coefficient (Wildman–Crippen LogP) is 3.12. The molecule has 0 bridgehead atoms. The van der Waals surface area contributed by atoms with Crippen LogP contribution in [-0.4, -0.2) is 26.6 Å². The van der Waals surface area contributed by atoms with E-state index in [0.29, 0.717) is 6.54 Å². The largest absolute Gasteiger partial charge is 0.330 e. The summed E-state index contributed by atoms with van der Waals surface area (Å²) < 4.78 is 1.19. The first-order valence-corrected chi connectivity index (χ1v) is 9.34. The van der Waals surface area contributed by atoms with Crippen LogP contribution in [0.3, 0.4) is 0 Å². The van der Waals surface area contributed by atoms with Gasteiger partial charge in [-0.15, -0.1) is 11.3 Å². The van der Waals surface area contributed by atoms with E-state index in [1.807, 2.05) is 53.6 Å². The van der Waals surface area contributed by atoms with E-state index in [9.17, 15) is 9.59 Å². The second kappa shape index (κ2) is 8.10. The van der Waals surface area contributed by atoms with E-state index >= 15 is 0 Å². The number of amides is 1. The summed E-state index contributed by atoms with van der Waals surface area (Å²) in [4.78, 5) is 27.8. The molecule has 1 aromatic carbocycles. The third kappa shape index (κ3) is 4.26. The average Bonchev–Trinajstić information content (AvgIpc) is 3.15. The molecule has 0 unspecified atom stereocenters. The molecule has 0 saturated carbocycles. The highest BCUT2D eigenvalue weighted by Gasteiger charge is 2.24. The number of thiophene rings is 1. The van der Waals surface area contributed by atoms with Gasteiger partial charge >= 0.3 is 0 Å². The van der Waals surface area contributed by atoms with Crippen molar-refractivity contribution in [2.45, 2.75) is 25.9 Å². The van der Waals surface area contributed by atoms with Crippen LogP contribution in [0.4, 0.5) is 0 Å². The van der Waals surface area contributed by atoms with Crippen LogP contribution >= 0.6 is 11.3 Å². The first-order chi connectivity index (χ1) is 12.5. The summed E-state index contributed by atoms with van der Waals surface area (Å²) in [6.07, 6.45) is 0.780. The molecule has 134 valence electrons. The molecular formula is C20H21N3O2S. The summed E-state index contributed by atoms with van der Waals surface area (Å²) in [5.41, 5.74) is 1.10. The van der Waals surface area contributed by atoms with E-state index in [2.05, 4.69) is 11.2 Å². The van der Waals surface area contributed by atoms with Gasteiger partial charge in [0.05, 0.1) is 0 Å². The van der Waals surface area contributed by atoms with Crippen molar-refractivity contribution in [3.05, 3.63) is 86.5 Å². The van der Waals surface area contributed by atoms with Gasteiger partial charge in [0, 0.05) is 37.0 Å². The highest BCUT2D eigenvalue weighted by molar-refractivity contribution is 7.09. The van der Waals surface area contributed by atoms with Crippen molar-refractivity contribution >= 4 is 17.2 Å². The zero-order chi connectivity index (χ0) is 18.5. The molecule has 0 saturated heterocycles. The van der Waals surface area contributed by atoms with Crippen LogP contribution in [0.2, 0.25) is 0 Å². The predicted molar refractivity (Wildman–Crippen MR) is 103 cm³/mol. The number of aromatic nitrogens is 2. The average molecular weight is 367 g/mol. The molecule has 2 heterocycles. The Kier molecular flexibility index (Phi) is 5.63. The molecule has 5 nitrogen and oxygen atoms in total. The molecule has 3 aromatic rings. The van der Waals surface area contributed by atoms with Gasteiger partial charge in [0.2, 0.25) is 0 Å². The standard InChI is InChI=1S/C20H21N3O2S/c1-15(13-17-9-6-12-26-17)23(14-16-7-4-3-5-8-16)20(25)18-10-11-19(24)22(2)21-18/h3-12,15H,13-14H2,1-2H3/t15-/m1/s1. The number of carbonyl (C=O) groups excluding carboxylic acids is 1. The smallest absolute Gasteiger partial charge is 0.274 e. The van der Waals surface area contributed by atoms with Crippen LogP contribution in [-0.2, 0) is 20.0 Å². The molecule has 0 fully saturated rings. The lowest BCUT2D eigenvalue weighted by molar-refractivity contribution is 0.0667. The fourth-order valence-corrected chi connectivity index (χ4v) is 3.63. The molecule has 0 aliphatic heterocycles. The lowest BCUT2D eigenvalue weighted by atomic mass is 10.1. The fraction of sp³-hybridized carbons (Fsp3) is 0.250. The summed E-state index contributed by atoms with van der Waals surface area (Å²) >= 11 is 1.69. The van der Waals surface area contributed by atoms with Gasteiger partial charge in [0.1, 0.15) is 5.69 Å². The number of nitrogens with zero attached hydrogens (tertiary/aromatic N) is 3. The van der Waals surface area contributed by atoms with Crippen molar-refractivity contribution < 1.29 is 4.79 Å². The second-order valence-corrected chi connectivity index (χ2v) is 7.26. The van der Waals surface area contributed by atoms with Crippen LogP contribution in [0.15, 0.2) is 64.8 Å². The van der Waals surface area contributed by atoms with Crippen molar-refractivity contribution in [2.24, 2.45) is 7.05 Å². The number of rotatable bonds is 6. The SMILES string of the molecule is C[C@H](Cc1cccs1)N(Cc1ccccc1)C(=O)c1ccc(=O)n(C)n1. The van der Waals surface area contributed by atoms with E-state index in [1.54, 1.807) is 18.4 Å². The van der Waals surface area contributed by atoms with Gasteiger partial charge in [-0.05, 0) is 30.0 Å². The molecule has 6 heteroatoms. The van der Waals surface area contributed by atoms with Crippen molar-refractivity contribution in [3.8, 4) is 0 Å². The number of hydrogen-bond acceptors (Lipinski definition) is 4. The van der Waals surface area contributed by atoms with Gasteiger partial charge in [-0.25, -0.2) is 4.68 Å². The van der Waals surface area contributed by atoms with Gasteiger partial charge in [0.25, 0.3) is 11.5 Å². The minimum absolute atomic E-state index is 0.000361. The fourth-order valence-electron chi connectivity index (χ4n) is 2.80. The molecule has 0 spiro atoms. The molecular weight excluding hydrogens is 346 g/mol. The van der Waals surface area contributed by atoms with Gasteiger partial charge < -0.3 is 4.90 Å². The van der Waals surface area contributed by atoms with Gasteiger partial charge in [-0.1, -0.05) is 36.4 Å². The van der Waals surface area contributed by atoms with E-state index in [0.717, 1.165) is 12.0 Å². The highest BCUT2D eigenvalue weighted by Crippen LogP contribution is 2.18.